The Kier molecular flexibility index (Phi) is 6.34. The highest BCUT2D eigenvalue weighted by molar-refractivity contribution is 5.83. The van der Waals surface area contributed by atoms with Crippen LogP contribution in [0.2, 0.25) is 0 Å². The van der Waals surface area contributed by atoms with Crippen LogP contribution in [0.3, 0.4) is 0 Å². The van der Waals surface area contributed by atoms with Gasteiger partial charge in [-0.15, -0.1) is 0 Å². The van der Waals surface area contributed by atoms with Crippen LogP contribution in [0.1, 0.15) is 36.8 Å². The molecule has 1 aliphatic carbocycles. The van der Waals surface area contributed by atoms with Gasteiger partial charge in [0.15, 0.2) is 0 Å². The van der Waals surface area contributed by atoms with Gasteiger partial charge in [-0.2, -0.15) is 0 Å². The lowest BCUT2D eigenvalue weighted by atomic mass is 9.68. The monoisotopic (exact) mass is 451 g/mol. The smallest absolute Gasteiger partial charge is 0.323 e. The van der Waals surface area contributed by atoms with Gasteiger partial charge in [-0.25, -0.2) is 4.79 Å². The number of rotatable bonds is 7. The van der Waals surface area contributed by atoms with Crippen molar-refractivity contribution in [2.24, 2.45) is 0 Å². The summed E-state index contributed by atoms with van der Waals surface area (Å²) in [5.74, 6) is -0.204. The van der Waals surface area contributed by atoms with Gasteiger partial charge in [0.25, 0.3) is 0 Å². The number of carbonyl (C=O) groups is 2. The SMILES string of the molecule is COc1ccc(CN2CC3(CCC(c4ccccc4)(N(C)C)CC3)N(CC(=O)O)C2=O)cc1. The summed E-state index contributed by atoms with van der Waals surface area (Å²) >= 11 is 0. The quantitative estimate of drug-likeness (QED) is 0.694. The average Bonchev–Trinajstić information content (AvgIpc) is 3.05. The van der Waals surface area contributed by atoms with E-state index in [1.54, 1.807) is 16.9 Å². The lowest BCUT2D eigenvalue weighted by Crippen LogP contribution is -2.56. The molecule has 4 rings (SSSR count). The van der Waals surface area contributed by atoms with E-state index in [9.17, 15) is 14.7 Å². The van der Waals surface area contributed by atoms with Crippen LogP contribution in [0, 0.1) is 0 Å². The first-order valence-corrected chi connectivity index (χ1v) is 11.4. The lowest BCUT2D eigenvalue weighted by Gasteiger charge is -2.50. The van der Waals surface area contributed by atoms with Crippen molar-refractivity contribution in [1.82, 2.24) is 14.7 Å². The highest BCUT2D eigenvalue weighted by atomic mass is 16.5. The Hall–Kier alpha value is -3.06. The molecule has 0 atom stereocenters. The van der Waals surface area contributed by atoms with Crippen molar-refractivity contribution in [3.63, 3.8) is 0 Å². The Morgan fingerprint density at radius 1 is 1.03 bits per heavy atom. The molecule has 1 saturated carbocycles. The minimum absolute atomic E-state index is 0.117. The molecule has 7 heteroatoms. The van der Waals surface area contributed by atoms with E-state index in [-0.39, 0.29) is 18.1 Å². The van der Waals surface area contributed by atoms with Gasteiger partial charge in [-0.1, -0.05) is 42.5 Å². The number of aliphatic carboxylic acids is 1. The number of carbonyl (C=O) groups excluding carboxylic acids is 1. The molecule has 1 N–H and O–H groups in total. The van der Waals surface area contributed by atoms with Gasteiger partial charge in [0.05, 0.1) is 12.6 Å². The van der Waals surface area contributed by atoms with Crippen LogP contribution in [0.5, 0.6) is 5.75 Å². The fourth-order valence-electron chi connectivity index (χ4n) is 5.63. The first-order chi connectivity index (χ1) is 15.8. The number of hydrogen-bond donors (Lipinski definition) is 1. The third kappa shape index (κ3) is 4.29. The predicted octanol–water partition coefficient (Wildman–Crippen LogP) is 3.79. The lowest BCUT2D eigenvalue weighted by molar-refractivity contribution is -0.139. The number of methoxy groups -OCH3 is 1. The Balaban J connectivity index is 1.58. The topological polar surface area (TPSA) is 73.3 Å². The maximum Gasteiger partial charge on any atom is 0.323 e. The van der Waals surface area contributed by atoms with Crippen LogP contribution >= 0.6 is 0 Å². The number of carboxylic acids is 1. The number of carboxylic acid groups (broad SMARTS) is 1. The fraction of sp³-hybridized carbons (Fsp3) is 0.462. The summed E-state index contributed by atoms with van der Waals surface area (Å²) < 4.78 is 5.23. The Bertz CT molecular complexity index is 982. The molecule has 2 fully saturated rings. The molecule has 0 aromatic heterocycles. The number of nitrogens with zero attached hydrogens (tertiary/aromatic N) is 3. The normalized spacial score (nSPS) is 25.2. The van der Waals surface area contributed by atoms with Gasteiger partial charge >= 0.3 is 12.0 Å². The minimum atomic E-state index is -0.971. The van der Waals surface area contributed by atoms with Crippen molar-refractivity contribution < 1.29 is 19.4 Å². The van der Waals surface area contributed by atoms with Gasteiger partial charge in [0, 0.05) is 18.6 Å². The molecule has 2 aliphatic rings. The number of urea groups is 1. The summed E-state index contributed by atoms with van der Waals surface area (Å²) in [6.45, 7) is 0.736. The van der Waals surface area contributed by atoms with Crippen LogP contribution in [-0.4, -0.2) is 71.6 Å². The van der Waals surface area contributed by atoms with Crippen molar-refractivity contribution in [2.45, 2.75) is 43.3 Å². The van der Waals surface area contributed by atoms with Crippen molar-refractivity contribution >= 4 is 12.0 Å². The van der Waals surface area contributed by atoms with Gasteiger partial charge in [-0.05, 0) is 63.0 Å². The zero-order valence-corrected chi connectivity index (χ0v) is 19.7. The Labute approximate surface area is 195 Å². The molecule has 33 heavy (non-hydrogen) atoms. The van der Waals surface area contributed by atoms with E-state index >= 15 is 0 Å². The van der Waals surface area contributed by atoms with Crippen LogP contribution < -0.4 is 4.74 Å². The van der Waals surface area contributed by atoms with E-state index in [0.717, 1.165) is 37.0 Å². The zero-order chi connectivity index (χ0) is 23.6. The molecule has 7 nitrogen and oxygen atoms in total. The van der Waals surface area contributed by atoms with Crippen LogP contribution in [0.15, 0.2) is 54.6 Å². The third-order valence-corrected chi connectivity index (χ3v) is 7.56. The van der Waals surface area contributed by atoms with Crippen molar-refractivity contribution in [3.8, 4) is 5.75 Å². The highest BCUT2D eigenvalue weighted by Crippen LogP contribution is 2.49. The van der Waals surface area contributed by atoms with Crippen molar-refractivity contribution in [2.75, 3.05) is 34.3 Å². The van der Waals surface area contributed by atoms with E-state index in [2.05, 4.69) is 43.3 Å². The van der Waals surface area contributed by atoms with E-state index < -0.39 is 11.5 Å². The first kappa shape index (κ1) is 23.1. The highest BCUT2D eigenvalue weighted by Gasteiger charge is 2.54. The second kappa shape index (κ2) is 9.06. The molecule has 2 amide bonds. The summed E-state index contributed by atoms with van der Waals surface area (Å²) in [5, 5.41) is 9.57. The molecule has 2 aromatic rings. The molecule has 1 aliphatic heterocycles. The van der Waals surface area contributed by atoms with E-state index in [0.29, 0.717) is 13.1 Å². The summed E-state index contributed by atoms with van der Waals surface area (Å²) in [7, 11) is 5.84. The van der Waals surface area contributed by atoms with E-state index in [1.807, 2.05) is 30.3 Å². The molecule has 1 saturated heterocycles. The first-order valence-electron chi connectivity index (χ1n) is 11.4. The number of ether oxygens (including phenoxy) is 1. The van der Waals surface area contributed by atoms with Crippen LogP contribution in [-0.2, 0) is 16.9 Å². The fourth-order valence-corrected chi connectivity index (χ4v) is 5.63. The molecule has 176 valence electrons. The van der Waals surface area contributed by atoms with E-state index in [4.69, 9.17) is 4.74 Å². The van der Waals surface area contributed by atoms with Crippen LogP contribution in [0.25, 0.3) is 0 Å². The maximum atomic E-state index is 13.4. The summed E-state index contributed by atoms with van der Waals surface area (Å²) in [5.41, 5.74) is 1.69. The second-order valence-corrected chi connectivity index (χ2v) is 9.48. The average molecular weight is 452 g/mol. The number of hydrogen-bond acceptors (Lipinski definition) is 4. The van der Waals surface area contributed by atoms with Crippen molar-refractivity contribution in [3.05, 3.63) is 65.7 Å². The largest absolute Gasteiger partial charge is 0.497 e. The molecule has 1 spiro atoms. The maximum absolute atomic E-state index is 13.4. The molecular weight excluding hydrogens is 418 g/mol. The number of amides is 2. The standard InChI is InChI=1S/C26H33N3O4/c1-27(2)26(21-7-5-4-6-8-21)15-13-25(14-16-26)19-28(24(32)29(25)18-23(30)31)17-20-9-11-22(33-3)12-10-20/h4-12H,13-19H2,1-3H3,(H,30,31). The summed E-state index contributed by atoms with van der Waals surface area (Å²) in [4.78, 5) is 30.7. The second-order valence-electron chi connectivity index (χ2n) is 9.48. The molecule has 0 radical (unpaired) electrons. The molecule has 1 heterocycles. The molecular formula is C26H33N3O4. The molecule has 0 unspecified atom stereocenters. The Morgan fingerprint density at radius 2 is 1.67 bits per heavy atom. The Morgan fingerprint density at radius 3 is 2.21 bits per heavy atom. The number of benzene rings is 2. The van der Waals surface area contributed by atoms with E-state index in [1.165, 1.54) is 5.56 Å². The van der Waals surface area contributed by atoms with Gasteiger partial charge in [0.2, 0.25) is 0 Å². The molecule has 2 aromatic carbocycles. The minimum Gasteiger partial charge on any atom is -0.497 e. The van der Waals surface area contributed by atoms with Gasteiger partial charge in [-0.3, -0.25) is 9.69 Å². The summed E-state index contributed by atoms with van der Waals surface area (Å²) in [6.07, 6.45) is 3.25. The third-order valence-electron chi connectivity index (χ3n) is 7.56. The summed E-state index contributed by atoms with van der Waals surface area (Å²) in [6, 6.07) is 18.0. The van der Waals surface area contributed by atoms with Crippen molar-refractivity contribution in [1.29, 1.82) is 0 Å². The zero-order valence-electron chi connectivity index (χ0n) is 19.7. The predicted molar refractivity (Wildman–Crippen MR) is 126 cm³/mol. The van der Waals surface area contributed by atoms with Crippen LogP contribution in [0.4, 0.5) is 4.79 Å². The van der Waals surface area contributed by atoms with Gasteiger partial charge in [0.1, 0.15) is 12.3 Å². The van der Waals surface area contributed by atoms with Gasteiger partial charge < -0.3 is 19.6 Å². The molecule has 0 bridgehead atoms.